The van der Waals surface area contributed by atoms with Gasteiger partial charge in [0.2, 0.25) is 12.2 Å². The molecule has 43 heavy (non-hydrogen) atoms. The predicted molar refractivity (Wildman–Crippen MR) is 155 cm³/mol. The van der Waals surface area contributed by atoms with Gasteiger partial charge in [-0.1, -0.05) is 78.9 Å². The fourth-order valence-corrected chi connectivity index (χ4v) is 4.96. The third-order valence-electron chi connectivity index (χ3n) is 7.11. The molecule has 2 fully saturated rings. The van der Waals surface area contributed by atoms with Crippen LogP contribution in [0.1, 0.15) is 41.6 Å². The summed E-state index contributed by atoms with van der Waals surface area (Å²) in [5.41, 5.74) is 2.15. The highest BCUT2D eigenvalue weighted by Crippen LogP contribution is 2.36. The van der Waals surface area contributed by atoms with E-state index in [0.29, 0.717) is 11.3 Å². The Kier molecular flexibility index (Phi) is 9.63. The Hall–Kier alpha value is -4.35. The summed E-state index contributed by atoms with van der Waals surface area (Å²) < 4.78 is 30.6. The molecule has 0 aromatic heterocycles. The highest BCUT2D eigenvalue weighted by Gasteiger charge is 2.52. The first-order valence-corrected chi connectivity index (χ1v) is 14.0. The summed E-state index contributed by atoms with van der Waals surface area (Å²) in [7, 11) is 0. The van der Waals surface area contributed by atoms with Crippen molar-refractivity contribution >= 4 is 23.7 Å². The monoisotopic (exact) mass is 587 g/mol. The lowest BCUT2D eigenvalue weighted by atomic mass is 9.95. The molecule has 7 atom stereocenters. The van der Waals surface area contributed by atoms with Gasteiger partial charge in [-0.2, -0.15) is 0 Å². The zero-order chi connectivity index (χ0) is 30.3. The normalized spacial score (nSPS) is 25.8. The number of rotatable bonds is 10. The summed E-state index contributed by atoms with van der Waals surface area (Å²) in [6.45, 7) is 2.88. The van der Waals surface area contributed by atoms with Crippen molar-refractivity contribution in [3.05, 3.63) is 108 Å². The maximum atomic E-state index is 12.4. The van der Waals surface area contributed by atoms with Crippen molar-refractivity contribution in [1.82, 2.24) is 5.32 Å². The maximum absolute atomic E-state index is 12.4. The number of ketones is 1. The second-order valence-corrected chi connectivity index (χ2v) is 10.3. The van der Waals surface area contributed by atoms with Crippen LogP contribution in [-0.2, 0) is 28.5 Å². The Morgan fingerprint density at radius 3 is 2.28 bits per heavy atom. The molecule has 3 aromatic rings. The molecule has 0 spiro atoms. The minimum absolute atomic E-state index is 0.114. The standard InChI is InChI=1S/C33H33NO9/c1-20(31(37)38)40-30-28(34-21(2)35)33(42-27-19-39-32(43-29(27)30)24-11-7-4-8-12-24)41-25-16-13-22(14-17-25)15-18-26(36)23-9-5-3-6-10-23/h3-18,20,27-30,32-33H,19H2,1-2H3,(H,34,35)(H,37,38)/b18-15+. The first kappa shape index (κ1) is 30.1. The highest BCUT2D eigenvalue weighted by molar-refractivity contribution is 6.06. The van der Waals surface area contributed by atoms with Crippen molar-refractivity contribution in [1.29, 1.82) is 0 Å². The van der Waals surface area contributed by atoms with Gasteiger partial charge in [0.25, 0.3) is 0 Å². The van der Waals surface area contributed by atoms with E-state index in [0.717, 1.165) is 11.1 Å². The Balaban J connectivity index is 1.35. The van der Waals surface area contributed by atoms with Gasteiger partial charge in [0, 0.05) is 18.1 Å². The Morgan fingerprint density at radius 2 is 1.63 bits per heavy atom. The minimum atomic E-state index is -1.20. The molecule has 10 nitrogen and oxygen atoms in total. The second-order valence-electron chi connectivity index (χ2n) is 10.3. The Bertz CT molecular complexity index is 1430. The van der Waals surface area contributed by atoms with Crippen LogP contribution in [0.2, 0.25) is 0 Å². The first-order valence-electron chi connectivity index (χ1n) is 14.0. The fourth-order valence-electron chi connectivity index (χ4n) is 4.96. The van der Waals surface area contributed by atoms with Gasteiger partial charge in [-0.3, -0.25) is 9.59 Å². The van der Waals surface area contributed by atoms with E-state index >= 15 is 0 Å². The third-order valence-corrected chi connectivity index (χ3v) is 7.11. The molecule has 0 aliphatic carbocycles. The van der Waals surface area contributed by atoms with E-state index in [4.69, 9.17) is 23.7 Å². The molecule has 224 valence electrons. The molecule has 0 bridgehead atoms. The Morgan fingerprint density at radius 1 is 0.953 bits per heavy atom. The number of carbonyl (C=O) groups excluding carboxylic acids is 2. The summed E-state index contributed by atoms with van der Waals surface area (Å²) >= 11 is 0. The average molecular weight is 588 g/mol. The van der Waals surface area contributed by atoms with Gasteiger partial charge in [-0.15, -0.1) is 0 Å². The molecule has 2 aliphatic heterocycles. The number of aliphatic carboxylic acids is 1. The van der Waals surface area contributed by atoms with Crippen LogP contribution < -0.4 is 10.1 Å². The number of nitrogens with one attached hydrogen (secondary N) is 1. The summed E-state index contributed by atoms with van der Waals surface area (Å²) in [5.74, 6) is -1.23. The summed E-state index contributed by atoms with van der Waals surface area (Å²) in [6.07, 6.45) is -2.18. The molecule has 7 unspecified atom stereocenters. The van der Waals surface area contributed by atoms with Gasteiger partial charge in [0.1, 0.15) is 30.1 Å². The molecule has 2 heterocycles. The first-order chi connectivity index (χ1) is 20.8. The van der Waals surface area contributed by atoms with Crippen LogP contribution in [0.15, 0.2) is 91.0 Å². The van der Waals surface area contributed by atoms with Crippen molar-refractivity contribution in [3.8, 4) is 5.75 Å². The zero-order valence-corrected chi connectivity index (χ0v) is 23.7. The van der Waals surface area contributed by atoms with E-state index in [9.17, 15) is 19.5 Å². The smallest absolute Gasteiger partial charge is 0.332 e. The number of hydrogen-bond donors (Lipinski definition) is 2. The van der Waals surface area contributed by atoms with Gasteiger partial charge in [-0.25, -0.2) is 4.79 Å². The molecule has 10 heteroatoms. The average Bonchev–Trinajstić information content (AvgIpc) is 3.02. The number of allylic oxidation sites excluding steroid dienone is 1. The third kappa shape index (κ3) is 7.54. The highest BCUT2D eigenvalue weighted by atomic mass is 16.8. The van der Waals surface area contributed by atoms with Crippen molar-refractivity contribution in [3.63, 3.8) is 0 Å². The molecule has 2 saturated heterocycles. The summed E-state index contributed by atoms with van der Waals surface area (Å²) in [6, 6.07) is 24.3. The lowest BCUT2D eigenvalue weighted by molar-refractivity contribution is -0.340. The molecular formula is C33H33NO9. The second kappa shape index (κ2) is 13.7. The van der Waals surface area contributed by atoms with E-state index < -0.39 is 49.0 Å². The van der Waals surface area contributed by atoms with Gasteiger partial charge in [0.15, 0.2) is 18.2 Å². The van der Waals surface area contributed by atoms with Crippen LogP contribution in [0, 0.1) is 0 Å². The van der Waals surface area contributed by atoms with Gasteiger partial charge >= 0.3 is 5.97 Å². The van der Waals surface area contributed by atoms with Gasteiger partial charge in [0.05, 0.1) is 6.61 Å². The van der Waals surface area contributed by atoms with Gasteiger partial charge < -0.3 is 34.1 Å². The van der Waals surface area contributed by atoms with E-state index in [1.807, 2.05) is 48.5 Å². The number of carboxylic acid groups (broad SMARTS) is 1. The van der Waals surface area contributed by atoms with Crippen molar-refractivity contribution in [2.45, 2.75) is 56.9 Å². The lowest BCUT2D eigenvalue weighted by Crippen LogP contribution is -2.68. The van der Waals surface area contributed by atoms with Crippen LogP contribution in [0.5, 0.6) is 5.75 Å². The number of fused-ring (bicyclic) bond motifs is 1. The molecule has 3 aromatic carbocycles. The molecule has 2 aliphatic rings. The van der Waals surface area contributed by atoms with Crippen molar-refractivity contribution < 1.29 is 43.2 Å². The van der Waals surface area contributed by atoms with Crippen molar-refractivity contribution in [2.24, 2.45) is 0 Å². The molecular weight excluding hydrogens is 554 g/mol. The maximum Gasteiger partial charge on any atom is 0.332 e. The van der Waals surface area contributed by atoms with Crippen LogP contribution in [0.3, 0.4) is 0 Å². The molecule has 0 saturated carbocycles. The van der Waals surface area contributed by atoms with E-state index in [1.54, 1.807) is 42.5 Å². The number of hydrogen-bond acceptors (Lipinski definition) is 8. The number of carbonyl (C=O) groups is 3. The van der Waals surface area contributed by atoms with Crippen molar-refractivity contribution in [2.75, 3.05) is 6.61 Å². The van der Waals surface area contributed by atoms with Crippen LogP contribution in [-0.4, -0.2) is 66.1 Å². The van der Waals surface area contributed by atoms with Crippen LogP contribution in [0.4, 0.5) is 0 Å². The van der Waals surface area contributed by atoms with Gasteiger partial charge in [-0.05, 0) is 30.7 Å². The molecule has 5 rings (SSSR count). The minimum Gasteiger partial charge on any atom is -0.479 e. The van der Waals surface area contributed by atoms with E-state index in [-0.39, 0.29) is 18.3 Å². The summed E-state index contributed by atoms with van der Waals surface area (Å²) in [5, 5.41) is 12.4. The fraction of sp³-hybridized carbons (Fsp3) is 0.303. The SMILES string of the molecule is CC(=O)NC1C(Oc2ccc(/C=C/C(=O)c3ccccc3)cc2)OC2COC(c3ccccc3)OC2C1OC(C)C(=O)O. The van der Waals surface area contributed by atoms with Crippen LogP contribution >= 0.6 is 0 Å². The number of carboxylic acids is 1. The predicted octanol–water partition coefficient (Wildman–Crippen LogP) is 4.16. The zero-order valence-electron chi connectivity index (χ0n) is 23.7. The lowest BCUT2D eigenvalue weighted by Gasteiger charge is -2.49. The number of ether oxygens (including phenoxy) is 5. The topological polar surface area (TPSA) is 130 Å². The van der Waals surface area contributed by atoms with Crippen LogP contribution in [0.25, 0.3) is 6.08 Å². The molecule has 0 radical (unpaired) electrons. The molecule has 2 N–H and O–H groups in total. The largest absolute Gasteiger partial charge is 0.479 e. The quantitative estimate of drug-likeness (QED) is 0.265. The number of benzene rings is 3. The Labute approximate surface area is 249 Å². The van der Waals surface area contributed by atoms with E-state index in [1.165, 1.54) is 19.9 Å². The van der Waals surface area contributed by atoms with E-state index in [2.05, 4.69) is 5.32 Å². The number of amides is 1. The molecule has 1 amide bonds. The summed E-state index contributed by atoms with van der Waals surface area (Å²) in [4.78, 5) is 36.5.